The van der Waals surface area contributed by atoms with Gasteiger partial charge in [0.2, 0.25) is 0 Å². The molecule has 0 saturated carbocycles. The van der Waals surface area contributed by atoms with Gasteiger partial charge in [0, 0.05) is 17.6 Å². The minimum atomic E-state index is -0.560. The molecule has 0 atom stereocenters. The summed E-state index contributed by atoms with van der Waals surface area (Å²) in [5, 5.41) is 2.59. The lowest BCUT2D eigenvalue weighted by Gasteiger charge is -2.07. The molecular formula is C13H12FN3O. The number of nitrogens with zero attached hydrogens (tertiary/aromatic N) is 1. The van der Waals surface area contributed by atoms with Crippen LogP contribution in [0, 0.1) is 12.7 Å². The molecule has 0 saturated heterocycles. The Kier molecular flexibility index (Phi) is 3.23. The highest BCUT2D eigenvalue weighted by molar-refractivity contribution is 6.05. The predicted octanol–water partition coefficient (Wildman–Crippen LogP) is 2.36. The Bertz CT molecular complexity index is 599. The predicted molar refractivity (Wildman–Crippen MR) is 67.7 cm³/mol. The topological polar surface area (TPSA) is 68.0 Å². The molecule has 0 bridgehead atoms. The van der Waals surface area contributed by atoms with E-state index in [1.54, 1.807) is 31.3 Å². The first-order valence-electron chi connectivity index (χ1n) is 5.36. The maximum absolute atomic E-state index is 13.2. The number of carbonyl (C=O) groups excluding carboxylic acids is 1. The molecule has 0 radical (unpaired) electrons. The molecule has 1 aromatic heterocycles. The van der Waals surface area contributed by atoms with Gasteiger partial charge in [-0.1, -0.05) is 0 Å². The van der Waals surface area contributed by atoms with Gasteiger partial charge in [0.1, 0.15) is 5.82 Å². The smallest absolute Gasteiger partial charge is 0.257 e. The van der Waals surface area contributed by atoms with E-state index in [1.165, 1.54) is 12.1 Å². The Hall–Kier alpha value is -2.43. The van der Waals surface area contributed by atoms with Gasteiger partial charge in [-0.15, -0.1) is 0 Å². The standard InChI is InChI=1S/C13H12FN3O/c1-8-10(3-2-6-16-8)13(18)17-9-4-5-12(15)11(14)7-9/h2-7H,15H2,1H3,(H,17,18). The summed E-state index contributed by atoms with van der Waals surface area (Å²) in [6.07, 6.45) is 1.61. The minimum absolute atomic E-state index is 0.0468. The lowest BCUT2D eigenvalue weighted by Crippen LogP contribution is -2.14. The van der Waals surface area contributed by atoms with Crippen molar-refractivity contribution < 1.29 is 9.18 Å². The van der Waals surface area contributed by atoms with Crippen molar-refractivity contribution >= 4 is 17.3 Å². The molecule has 1 aromatic carbocycles. The summed E-state index contributed by atoms with van der Waals surface area (Å²) in [4.78, 5) is 15.9. The number of anilines is 2. The zero-order valence-electron chi connectivity index (χ0n) is 9.77. The number of halogens is 1. The van der Waals surface area contributed by atoms with Crippen LogP contribution in [0.25, 0.3) is 0 Å². The SMILES string of the molecule is Cc1ncccc1C(=O)Nc1ccc(N)c(F)c1. The molecule has 2 aromatic rings. The number of amides is 1. The van der Waals surface area contributed by atoms with Crippen LogP contribution in [0.4, 0.5) is 15.8 Å². The first-order valence-corrected chi connectivity index (χ1v) is 5.36. The highest BCUT2D eigenvalue weighted by Gasteiger charge is 2.10. The molecule has 18 heavy (non-hydrogen) atoms. The number of aromatic nitrogens is 1. The summed E-state index contributed by atoms with van der Waals surface area (Å²) in [6, 6.07) is 7.46. The van der Waals surface area contributed by atoms with Gasteiger partial charge in [0.25, 0.3) is 5.91 Å². The summed E-state index contributed by atoms with van der Waals surface area (Å²) in [5.74, 6) is -0.888. The van der Waals surface area contributed by atoms with Crippen LogP contribution in [-0.4, -0.2) is 10.9 Å². The molecule has 0 fully saturated rings. The van der Waals surface area contributed by atoms with E-state index in [4.69, 9.17) is 5.73 Å². The van der Waals surface area contributed by atoms with E-state index in [0.29, 0.717) is 16.9 Å². The molecule has 5 heteroatoms. The molecule has 2 rings (SSSR count). The fourth-order valence-electron chi connectivity index (χ4n) is 1.53. The number of benzene rings is 1. The van der Waals surface area contributed by atoms with E-state index in [2.05, 4.69) is 10.3 Å². The molecule has 0 aliphatic carbocycles. The van der Waals surface area contributed by atoms with E-state index in [0.717, 1.165) is 0 Å². The Morgan fingerprint density at radius 3 is 2.83 bits per heavy atom. The largest absolute Gasteiger partial charge is 0.396 e. The average molecular weight is 245 g/mol. The number of pyridine rings is 1. The molecule has 1 amide bonds. The second-order valence-electron chi connectivity index (χ2n) is 3.83. The van der Waals surface area contributed by atoms with Gasteiger partial charge in [0.15, 0.2) is 0 Å². The van der Waals surface area contributed by atoms with Crippen LogP contribution in [0.5, 0.6) is 0 Å². The number of rotatable bonds is 2. The maximum atomic E-state index is 13.2. The Morgan fingerprint density at radius 2 is 2.17 bits per heavy atom. The second kappa shape index (κ2) is 4.83. The molecule has 0 aliphatic heterocycles. The summed E-state index contributed by atoms with van der Waals surface area (Å²) in [6.45, 7) is 1.73. The van der Waals surface area contributed by atoms with Gasteiger partial charge < -0.3 is 11.1 Å². The minimum Gasteiger partial charge on any atom is -0.396 e. The third-order valence-corrected chi connectivity index (χ3v) is 2.51. The highest BCUT2D eigenvalue weighted by Crippen LogP contribution is 2.17. The van der Waals surface area contributed by atoms with E-state index >= 15 is 0 Å². The van der Waals surface area contributed by atoms with Gasteiger partial charge in [-0.3, -0.25) is 9.78 Å². The molecule has 0 unspecified atom stereocenters. The van der Waals surface area contributed by atoms with Gasteiger partial charge in [-0.2, -0.15) is 0 Å². The van der Waals surface area contributed by atoms with Crippen molar-refractivity contribution in [3.63, 3.8) is 0 Å². The van der Waals surface area contributed by atoms with Gasteiger partial charge >= 0.3 is 0 Å². The number of carbonyl (C=O) groups is 1. The monoisotopic (exact) mass is 245 g/mol. The number of nitrogen functional groups attached to an aromatic ring is 1. The number of nitrogens with one attached hydrogen (secondary N) is 1. The summed E-state index contributed by atoms with van der Waals surface area (Å²) in [5.41, 5.74) is 6.83. The quantitative estimate of drug-likeness (QED) is 0.798. The Labute approximate surface area is 104 Å². The van der Waals surface area contributed by atoms with Crippen LogP contribution < -0.4 is 11.1 Å². The van der Waals surface area contributed by atoms with E-state index in [9.17, 15) is 9.18 Å². The first kappa shape index (κ1) is 12.0. The molecular weight excluding hydrogens is 233 g/mol. The lowest BCUT2D eigenvalue weighted by atomic mass is 10.2. The summed E-state index contributed by atoms with van der Waals surface area (Å²) >= 11 is 0. The molecule has 0 spiro atoms. The fraction of sp³-hybridized carbons (Fsp3) is 0.0769. The zero-order valence-corrected chi connectivity index (χ0v) is 9.77. The van der Waals surface area contributed by atoms with Gasteiger partial charge in [-0.05, 0) is 37.3 Å². The van der Waals surface area contributed by atoms with Crippen molar-refractivity contribution in [3.8, 4) is 0 Å². The van der Waals surface area contributed by atoms with Gasteiger partial charge in [0.05, 0.1) is 11.3 Å². The fourth-order valence-corrected chi connectivity index (χ4v) is 1.53. The van der Waals surface area contributed by atoms with Crippen LogP contribution in [0.3, 0.4) is 0 Å². The molecule has 0 aliphatic rings. The van der Waals surface area contributed by atoms with Crippen molar-refractivity contribution in [3.05, 3.63) is 53.6 Å². The van der Waals surface area contributed by atoms with E-state index in [1.807, 2.05) is 0 Å². The summed E-state index contributed by atoms with van der Waals surface area (Å²) in [7, 11) is 0. The third kappa shape index (κ3) is 2.45. The average Bonchev–Trinajstić information content (AvgIpc) is 2.34. The molecule has 4 nitrogen and oxygen atoms in total. The number of nitrogens with two attached hydrogens (primary N) is 1. The number of hydrogen-bond acceptors (Lipinski definition) is 3. The highest BCUT2D eigenvalue weighted by atomic mass is 19.1. The van der Waals surface area contributed by atoms with Crippen molar-refractivity contribution in [2.45, 2.75) is 6.92 Å². The van der Waals surface area contributed by atoms with Crippen LogP contribution in [0.1, 0.15) is 16.1 Å². The maximum Gasteiger partial charge on any atom is 0.257 e. The van der Waals surface area contributed by atoms with Crippen LogP contribution >= 0.6 is 0 Å². The van der Waals surface area contributed by atoms with Crippen molar-refractivity contribution in [2.24, 2.45) is 0 Å². The summed E-state index contributed by atoms with van der Waals surface area (Å²) < 4.78 is 13.2. The number of aryl methyl sites for hydroxylation is 1. The Morgan fingerprint density at radius 1 is 1.39 bits per heavy atom. The lowest BCUT2D eigenvalue weighted by molar-refractivity contribution is 0.102. The molecule has 1 heterocycles. The molecule has 92 valence electrons. The van der Waals surface area contributed by atoms with Crippen molar-refractivity contribution in [1.82, 2.24) is 4.98 Å². The van der Waals surface area contributed by atoms with Gasteiger partial charge in [-0.25, -0.2) is 4.39 Å². The van der Waals surface area contributed by atoms with E-state index in [-0.39, 0.29) is 11.6 Å². The van der Waals surface area contributed by atoms with Crippen LogP contribution in [0.2, 0.25) is 0 Å². The molecule has 3 N–H and O–H groups in total. The van der Waals surface area contributed by atoms with Crippen molar-refractivity contribution in [2.75, 3.05) is 11.1 Å². The normalized spacial score (nSPS) is 10.1. The zero-order chi connectivity index (χ0) is 13.1. The second-order valence-corrected chi connectivity index (χ2v) is 3.83. The Balaban J connectivity index is 2.22. The van der Waals surface area contributed by atoms with Crippen LogP contribution in [0.15, 0.2) is 36.5 Å². The van der Waals surface area contributed by atoms with E-state index < -0.39 is 5.82 Å². The first-order chi connectivity index (χ1) is 8.58. The van der Waals surface area contributed by atoms with Crippen LogP contribution in [-0.2, 0) is 0 Å². The number of hydrogen-bond donors (Lipinski definition) is 2. The van der Waals surface area contributed by atoms with Crippen molar-refractivity contribution in [1.29, 1.82) is 0 Å². The third-order valence-electron chi connectivity index (χ3n) is 2.51.